The Labute approximate surface area is 118 Å². The van der Waals surface area contributed by atoms with Crippen LogP contribution < -0.4 is 14.4 Å². The molecule has 1 amide bonds. The molecule has 0 bridgehead atoms. The Morgan fingerprint density at radius 1 is 1.26 bits per heavy atom. The molecule has 1 aromatic carbocycles. The van der Waals surface area contributed by atoms with E-state index in [2.05, 4.69) is 0 Å². The summed E-state index contributed by atoms with van der Waals surface area (Å²) in [6, 6.07) is 5.53. The Morgan fingerprint density at radius 2 is 1.95 bits per heavy atom. The first-order valence-corrected chi connectivity index (χ1v) is 6.93. The molecule has 1 unspecified atom stereocenters. The fraction of sp³-hybridized carbons (Fsp3) is 0.500. The van der Waals surface area contributed by atoms with Crippen molar-refractivity contribution in [1.29, 1.82) is 0 Å². The zero-order chi connectivity index (χ0) is 13.8. The van der Waals surface area contributed by atoms with Gasteiger partial charge in [-0.05, 0) is 26.0 Å². The van der Waals surface area contributed by atoms with Crippen LogP contribution in [0, 0.1) is 0 Å². The van der Waals surface area contributed by atoms with Gasteiger partial charge in [-0.3, -0.25) is 4.79 Å². The Hall–Kier alpha value is -1.42. The van der Waals surface area contributed by atoms with E-state index in [0.717, 1.165) is 5.69 Å². The van der Waals surface area contributed by atoms with Crippen LogP contribution in [0.2, 0.25) is 0 Å². The van der Waals surface area contributed by atoms with Crippen molar-refractivity contribution in [3.05, 3.63) is 18.2 Å². The molecule has 1 heterocycles. The van der Waals surface area contributed by atoms with Crippen molar-refractivity contribution in [1.82, 2.24) is 0 Å². The molecule has 5 heteroatoms. The van der Waals surface area contributed by atoms with Crippen LogP contribution in [0.4, 0.5) is 5.69 Å². The SMILES string of the molecule is CCOc1ccc(N2CC(Cl)CC2=O)cc1OCC. The number of amides is 1. The summed E-state index contributed by atoms with van der Waals surface area (Å²) in [6.45, 7) is 5.51. The van der Waals surface area contributed by atoms with Crippen LogP contribution >= 0.6 is 11.6 Å². The molecule has 1 fully saturated rings. The van der Waals surface area contributed by atoms with Gasteiger partial charge < -0.3 is 14.4 Å². The molecule has 1 aromatic rings. The Kier molecular flexibility index (Phi) is 4.53. The van der Waals surface area contributed by atoms with Gasteiger partial charge in [0, 0.05) is 24.7 Å². The molecule has 2 rings (SSSR count). The van der Waals surface area contributed by atoms with E-state index in [-0.39, 0.29) is 11.3 Å². The maximum Gasteiger partial charge on any atom is 0.228 e. The number of benzene rings is 1. The van der Waals surface area contributed by atoms with Crippen LogP contribution in [-0.2, 0) is 4.79 Å². The van der Waals surface area contributed by atoms with Crippen molar-refractivity contribution in [2.75, 3.05) is 24.7 Å². The summed E-state index contributed by atoms with van der Waals surface area (Å²) in [5, 5.41) is -0.116. The number of rotatable bonds is 5. The lowest BCUT2D eigenvalue weighted by molar-refractivity contribution is -0.117. The highest BCUT2D eigenvalue weighted by atomic mass is 35.5. The van der Waals surface area contributed by atoms with E-state index in [4.69, 9.17) is 21.1 Å². The third-order valence-electron chi connectivity index (χ3n) is 2.92. The highest BCUT2D eigenvalue weighted by molar-refractivity contribution is 6.24. The number of hydrogen-bond donors (Lipinski definition) is 0. The molecule has 0 spiro atoms. The molecule has 0 aromatic heterocycles. The minimum absolute atomic E-state index is 0.0478. The van der Waals surface area contributed by atoms with E-state index >= 15 is 0 Å². The van der Waals surface area contributed by atoms with Gasteiger partial charge >= 0.3 is 0 Å². The molecule has 0 saturated carbocycles. The average Bonchev–Trinajstić information content (AvgIpc) is 2.71. The second-order valence-electron chi connectivity index (χ2n) is 4.30. The van der Waals surface area contributed by atoms with Gasteiger partial charge in [0.25, 0.3) is 0 Å². The summed E-state index contributed by atoms with van der Waals surface area (Å²) in [4.78, 5) is 13.5. The monoisotopic (exact) mass is 283 g/mol. The Balaban J connectivity index is 2.27. The number of carbonyl (C=O) groups is 1. The predicted molar refractivity (Wildman–Crippen MR) is 75.4 cm³/mol. The first-order chi connectivity index (χ1) is 9.15. The molecule has 104 valence electrons. The second-order valence-corrected chi connectivity index (χ2v) is 4.92. The van der Waals surface area contributed by atoms with E-state index in [0.29, 0.717) is 37.7 Å². The van der Waals surface area contributed by atoms with E-state index in [9.17, 15) is 4.79 Å². The summed E-state index contributed by atoms with van der Waals surface area (Å²) in [5.74, 6) is 1.40. The first-order valence-electron chi connectivity index (χ1n) is 6.49. The molecule has 19 heavy (non-hydrogen) atoms. The topological polar surface area (TPSA) is 38.8 Å². The van der Waals surface area contributed by atoms with Crippen LogP contribution in [0.5, 0.6) is 11.5 Å². The fourth-order valence-corrected chi connectivity index (χ4v) is 2.39. The maximum atomic E-state index is 11.8. The van der Waals surface area contributed by atoms with Gasteiger partial charge in [-0.15, -0.1) is 11.6 Å². The van der Waals surface area contributed by atoms with Crippen molar-refractivity contribution in [2.45, 2.75) is 25.6 Å². The van der Waals surface area contributed by atoms with Crippen LogP contribution in [0.15, 0.2) is 18.2 Å². The average molecular weight is 284 g/mol. The highest BCUT2D eigenvalue weighted by Gasteiger charge is 2.29. The molecule has 1 aliphatic heterocycles. The number of halogens is 1. The molecule has 0 aliphatic carbocycles. The van der Waals surface area contributed by atoms with Gasteiger partial charge in [-0.2, -0.15) is 0 Å². The van der Waals surface area contributed by atoms with E-state index in [1.807, 2.05) is 32.0 Å². The lowest BCUT2D eigenvalue weighted by Gasteiger charge is -2.18. The summed E-state index contributed by atoms with van der Waals surface area (Å²) < 4.78 is 11.1. The minimum Gasteiger partial charge on any atom is -0.490 e. The molecule has 0 N–H and O–H groups in total. The Bertz CT molecular complexity index is 464. The first kappa shape index (κ1) is 14.0. The largest absolute Gasteiger partial charge is 0.490 e. The smallest absolute Gasteiger partial charge is 0.228 e. The second kappa shape index (κ2) is 6.15. The van der Waals surface area contributed by atoms with Crippen molar-refractivity contribution in [3.8, 4) is 11.5 Å². The molecule has 1 saturated heterocycles. The third kappa shape index (κ3) is 3.13. The lowest BCUT2D eigenvalue weighted by atomic mass is 10.2. The Morgan fingerprint density at radius 3 is 2.53 bits per heavy atom. The van der Waals surface area contributed by atoms with Gasteiger partial charge in [0.15, 0.2) is 11.5 Å². The van der Waals surface area contributed by atoms with Crippen LogP contribution in [0.25, 0.3) is 0 Å². The van der Waals surface area contributed by atoms with Crippen molar-refractivity contribution in [2.24, 2.45) is 0 Å². The molecular weight excluding hydrogens is 266 g/mol. The molecule has 1 atom stereocenters. The molecular formula is C14H18ClNO3. The summed E-state index contributed by atoms with van der Waals surface area (Å²) in [5.41, 5.74) is 0.806. The number of hydrogen-bond acceptors (Lipinski definition) is 3. The quantitative estimate of drug-likeness (QED) is 0.780. The molecule has 1 aliphatic rings. The van der Waals surface area contributed by atoms with Gasteiger partial charge in [0.2, 0.25) is 5.91 Å². The summed E-state index contributed by atoms with van der Waals surface area (Å²) in [6.07, 6.45) is 0.388. The van der Waals surface area contributed by atoms with Gasteiger partial charge in [-0.1, -0.05) is 0 Å². The normalized spacial score (nSPS) is 18.8. The van der Waals surface area contributed by atoms with Crippen molar-refractivity contribution < 1.29 is 14.3 Å². The van der Waals surface area contributed by atoms with E-state index in [1.165, 1.54) is 0 Å². The lowest BCUT2D eigenvalue weighted by Crippen LogP contribution is -2.24. The highest BCUT2D eigenvalue weighted by Crippen LogP contribution is 2.34. The predicted octanol–water partition coefficient (Wildman–Crippen LogP) is 2.83. The van der Waals surface area contributed by atoms with Gasteiger partial charge in [0.1, 0.15) is 0 Å². The summed E-state index contributed by atoms with van der Waals surface area (Å²) in [7, 11) is 0. The number of nitrogens with zero attached hydrogens (tertiary/aromatic N) is 1. The van der Waals surface area contributed by atoms with Crippen LogP contribution in [0.3, 0.4) is 0 Å². The number of carbonyl (C=O) groups excluding carboxylic acids is 1. The van der Waals surface area contributed by atoms with Gasteiger partial charge in [0.05, 0.1) is 18.6 Å². The molecule has 4 nitrogen and oxygen atoms in total. The maximum absolute atomic E-state index is 11.8. The third-order valence-corrected chi connectivity index (χ3v) is 3.21. The fourth-order valence-electron chi connectivity index (χ4n) is 2.12. The number of ether oxygens (including phenoxy) is 2. The standard InChI is InChI=1S/C14H18ClNO3/c1-3-18-12-6-5-11(8-13(12)19-4-2)16-9-10(15)7-14(16)17/h5-6,8,10H,3-4,7,9H2,1-2H3. The minimum atomic E-state index is -0.116. The van der Waals surface area contributed by atoms with Crippen LogP contribution in [0.1, 0.15) is 20.3 Å². The summed E-state index contributed by atoms with van der Waals surface area (Å²) >= 11 is 6.02. The van der Waals surface area contributed by atoms with Crippen LogP contribution in [-0.4, -0.2) is 31.0 Å². The van der Waals surface area contributed by atoms with E-state index in [1.54, 1.807) is 4.90 Å². The number of anilines is 1. The zero-order valence-corrected chi connectivity index (χ0v) is 11.9. The van der Waals surface area contributed by atoms with Crippen molar-refractivity contribution >= 4 is 23.2 Å². The van der Waals surface area contributed by atoms with Gasteiger partial charge in [-0.25, -0.2) is 0 Å². The van der Waals surface area contributed by atoms with Crippen molar-refractivity contribution in [3.63, 3.8) is 0 Å². The zero-order valence-electron chi connectivity index (χ0n) is 11.2. The molecule has 0 radical (unpaired) electrons. The number of alkyl halides is 1. The van der Waals surface area contributed by atoms with E-state index < -0.39 is 0 Å².